The van der Waals surface area contributed by atoms with Gasteiger partial charge in [-0.2, -0.15) is 11.8 Å². The Hall–Kier alpha value is -3.78. The van der Waals surface area contributed by atoms with Gasteiger partial charge in [-0.3, -0.25) is 19.4 Å². The first-order valence-corrected chi connectivity index (χ1v) is 15.0. The van der Waals surface area contributed by atoms with Crippen LogP contribution in [-0.2, 0) is 25.6 Å². The third kappa shape index (κ3) is 8.85. The second kappa shape index (κ2) is 15.3. The van der Waals surface area contributed by atoms with Crippen molar-refractivity contribution in [1.82, 2.24) is 20.5 Å². The Kier molecular flexibility index (Phi) is 11.8. The number of benzene rings is 1. The van der Waals surface area contributed by atoms with Crippen molar-refractivity contribution < 1.29 is 24.3 Å². The van der Waals surface area contributed by atoms with Gasteiger partial charge in [0, 0.05) is 36.6 Å². The molecule has 224 valence electrons. The second-order valence-electron chi connectivity index (χ2n) is 10.1. The van der Waals surface area contributed by atoms with E-state index in [0.717, 1.165) is 16.5 Å². The van der Waals surface area contributed by atoms with Crippen LogP contribution in [0, 0.1) is 0 Å². The summed E-state index contributed by atoms with van der Waals surface area (Å²) in [5.74, 6) is -2.05. The number of guanidine groups is 1. The topological polar surface area (TPSA) is 222 Å². The number of rotatable bonds is 15. The van der Waals surface area contributed by atoms with E-state index in [0.29, 0.717) is 50.9 Å². The van der Waals surface area contributed by atoms with E-state index in [1.807, 2.05) is 30.5 Å². The molecule has 10 N–H and O–H groups in total. The number of aliphatic carboxylic acids is 1. The molecular formula is C27H40N8O5S. The number of carbonyl (C=O) groups excluding carboxylic acids is 3. The van der Waals surface area contributed by atoms with Crippen molar-refractivity contribution >= 4 is 52.3 Å². The van der Waals surface area contributed by atoms with Crippen LogP contribution < -0.4 is 27.8 Å². The zero-order valence-corrected chi connectivity index (χ0v) is 24.0. The Morgan fingerprint density at radius 3 is 2.63 bits per heavy atom. The van der Waals surface area contributed by atoms with E-state index in [4.69, 9.17) is 17.2 Å². The molecule has 1 aliphatic rings. The van der Waals surface area contributed by atoms with Crippen molar-refractivity contribution in [3.05, 3.63) is 36.0 Å². The molecule has 0 saturated carbocycles. The fraction of sp³-hybridized carbons (Fsp3) is 0.519. The number of thioether (sulfide) groups is 1. The van der Waals surface area contributed by atoms with Crippen LogP contribution in [0.5, 0.6) is 0 Å². The molecule has 0 radical (unpaired) electrons. The third-order valence-corrected chi connectivity index (χ3v) is 7.72. The minimum Gasteiger partial charge on any atom is -0.480 e. The molecule has 3 amide bonds. The van der Waals surface area contributed by atoms with Gasteiger partial charge in [0.1, 0.15) is 18.1 Å². The number of fused-ring (bicyclic) bond motifs is 1. The van der Waals surface area contributed by atoms with Crippen molar-refractivity contribution in [3.63, 3.8) is 0 Å². The number of hydrogen-bond donors (Lipinski definition) is 7. The number of aromatic nitrogens is 1. The molecule has 4 unspecified atom stereocenters. The monoisotopic (exact) mass is 588 g/mol. The van der Waals surface area contributed by atoms with Gasteiger partial charge in [0.25, 0.3) is 0 Å². The highest BCUT2D eigenvalue weighted by atomic mass is 32.2. The number of nitrogens with zero attached hydrogens (tertiary/aromatic N) is 2. The second-order valence-corrected chi connectivity index (χ2v) is 11.0. The lowest BCUT2D eigenvalue weighted by atomic mass is 10.0. The van der Waals surface area contributed by atoms with Gasteiger partial charge in [0.15, 0.2) is 5.96 Å². The first-order valence-electron chi connectivity index (χ1n) is 13.6. The van der Waals surface area contributed by atoms with Gasteiger partial charge >= 0.3 is 5.97 Å². The maximum absolute atomic E-state index is 13.3. The molecule has 0 spiro atoms. The number of H-pyrrole nitrogens is 1. The molecule has 2 aromatic rings. The fourth-order valence-electron chi connectivity index (χ4n) is 4.92. The smallest absolute Gasteiger partial charge is 0.326 e. The van der Waals surface area contributed by atoms with Crippen LogP contribution in [0.2, 0.25) is 0 Å². The predicted molar refractivity (Wildman–Crippen MR) is 159 cm³/mol. The average molecular weight is 589 g/mol. The molecule has 14 heteroatoms. The highest BCUT2D eigenvalue weighted by molar-refractivity contribution is 7.98. The van der Waals surface area contributed by atoms with Crippen molar-refractivity contribution in [2.24, 2.45) is 22.2 Å². The van der Waals surface area contributed by atoms with E-state index in [2.05, 4.69) is 20.6 Å². The molecule has 4 atom stereocenters. The highest BCUT2D eigenvalue weighted by Gasteiger charge is 2.37. The first-order chi connectivity index (χ1) is 19.6. The largest absolute Gasteiger partial charge is 0.480 e. The van der Waals surface area contributed by atoms with Gasteiger partial charge in [0.05, 0.1) is 6.04 Å². The fourth-order valence-corrected chi connectivity index (χ4v) is 5.40. The lowest BCUT2D eigenvalue weighted by molar-refractivity contribution is -0.143. The number of likely N-dealkylation sites (tertiary alicyclic amines) is 1. The van der Waals surface area contributed by atoms with Gasteiger partial charge in [0.2, 0.25) is 17.7 Å². The predicted octanol–water partition coefficient (Wildman–Crippen LogP) is -0.110. The summed E-state index contributed by atoms with van der Waals surface area (Å²) < 4.78 is 0. The minimum atomic E-state index is -1.20. The lowest BCUT2D eigenvalue weighted by Gasteiger charge is -2.28. The van der Waals surface area contributed by atoms with E-state index in [9.17, 15) is 24.3 Å². The maximum Gasteiger partial charge on any atom is 0.326 e. The summed E-state index contributed by atoms with van der Waals surface area (Å²) in [5.41, 5.74) is 18.4. The molecule has 1 aliphatic heterocycles. The standard InChI is InChI=1S/C27H40N8O5S/c1-41-13-10-20(23(36)34-21(26(39)40)14-16-15-32-19-8-3-2-6-17(16)19)33-24(37)22-9-5-12-35(22)25(38)18(28)7-4-11-31-27(29)30/h2-3,6,8,15,18,20-22,32H,4-5,7,9-14,28H2,1H3,(H,33,37)(H,34,36)(H,39,40)(H4,29,30,31). The van der Waals surface area contributed by atoms with Crippen LogP contribution in [0.3, 0.4) is 0 Å². The molecule has 13 nitrogen and oxygen atoms in total. The molecule has 1 aromatic heterocycles. The summed E-state index contributed by atoms with van der Waals surface area (Å²) in [6, 6.07) is 3.76. The van der Waals surface area contributed by atoms with Gasteiger partial charge < -0.3 is 42.8 Å². The molecule has 41 heavy (non-hydrogen) atoms. The Morgan fingerprint density at radius 1 is 1.17 bits per heavy atom. The van der Waals surface area contributed by atoms with Gasteiger partial charge in [-0.1, -0.05) is 18.2 Å². The van der Waals surface area contributed by atoms with Crippen LogP contribution in [0.1, 0.15) is 37.7 Å². The highest BCUT2D eigenvalue weighted by Crippen LogP contribution is 2.21. The van der Waals surface area contributed by atoms with E-state index in [1.54, 1.807) is 6.20 Å². The summed E-state index contributed by atoms with van der Waals surface area (Å²) in [6.45, 7) is 0.725. The van der Waals surface area contributed by atoms with Crippen LogP contribution in [0.25, 0.3) is 10.9 Å². The van der Waals surface area contributed by atoms with Gasteiger partial charge in [-0.15, -0.1) is 0 Å². The number of aliphatic imine (C=N–C) groups is 1. The van der Waals surface area contributed by atoms with Crippen LogP contribution in [0.4, 0.5) is 0 Å². The zero-order valence-electron chi connectivity index (χ0n) is 23.2. The number of nitrogens with two attached hydrogens (primary N) is 3. The number of amides is 3. The minimum absolute atomic E-state index is 0.0334. The Morgan fingerprint density at radius 2 is 1.93 bits per heavy atom. The molecule has 0 aliphatic carbocycles. The van der Waals surface area contributed by atoms with Crippen molar-refractivity contribution in [3.8, 4) is 0 Å². The Balaban J connectivity index is 1.65. The van der Waals surface area contributed by atoms with E-state index in [1.165, 1.54) is 16.7 Å². The van der Waals surface area contributed by atoms with Crippen molar-refractivity contribution in [2.45, 2.75) is 62.7 Å². The average Bonchev–Trinajstić information content (AvgIpc) is 3.60. The molecule has 1 aromatic carbocycles. The van der Waals surface area contributed by atoms with E-state index in [-0.39, 0.29) is 18.3 Å². The number of carboxylic acids is 1. The Labute approximate surface area is 243 Å². The quantitative estimate of drug-likeness (QED) is 0.0836. The number of carboxylic acid groups (broad SMARTS) is 1. The summed E-state index contributed by atoms with van der Waals surface area (Å²) in [6.07, 6.45) is 5.90. The Bertz CT molecular complexity index is 1250. The van der Waals surface area contributed by atoms with Crippen LogP contribution >= 0.6 is 11.8 Å². The first kappa shape index (κ1) is 31.7. The summed E-state index contributed by atoms with van der Waals surface area (Å²) in [7, 11) is 0. The molecular weight excluding hydrogens is 548 g/mol. The zero-order chi connectivity index (χ0) is 29.9. The normalized spacial score (nSPS) is 17.0. The van der Waals surface area contributed by atoms with Gasteiger partial charge in [-0.25, -0.2) is 4.79 Å². The van der Waals surface area contributed by atoms with Gasteiger partial charge in [-0.05, 0) is 55.7 Å². The van der Waals surface area contributed by atoms with Crippen molar-refractivity contribution in [2.75, 3.05) is 25.1 Å². The third-order valence-electron chi connectivity index (χ3n) is 7.08. The molecule has 3 rings (SSSR count). The van der Waals surface area contributed by atoms with E-state index < -0.39 is 42.0 Å². The molecule has 1 fully saturated rings. The molecule has 1 saturated heterocycles. The molecule has 2 heterocycles. The summed E-state index contributed by atoms with van der Waals surface area (Å²) in [5, 5.41) is 16.1. The summed E-state index contributed by atoms with van der Waals surface area (Å²) in [4.78, 5) is 60.2. The number of carbonyl (C=O) groups is 4. The van der Waals surface area contributed by atoms with Crippen LogP contribution in [-0.4, -0.2) is 93.9 Å². The van der Waals surface area contributed by atoms with E-state index >= 15 is 0 Å². The SMILES string of the molecule is CSCCC(NC(=O)C1CCCN1C(=O)C(N)CCCN=C(N)N)C(=O)NC(Cc1c[nH]c2ccccc12)C(=O)O. The lowest BCUT2D eigenvalue weighted by Crippen LogP contribution is -2.57. The van der Waals surface area contributed by atoms with Crippen LogP contribution in [0.15, 0.2) is 35.5 Å². The summed E-state index contributed by atoms with van der Waals surface area (Å²) >= 11 is 1.50. The molecule has 0 bridgehead atoms. The number of nitrogens with one attached hydrogen (secondary N) is 3. The maximum atomic E-state index is 13.3. The number of para-hydroxylation sites is 1. The number of hydrogen-bond acceptors (Lipinski definition) is 7. The number of aromatic amines is 1. The van der Waals surface area contributed by atoms with Crippen molar-refractivity contribution in [1.29, 1.82) is 0 Å².